The molecule has 2 aromatic carbocycles. The van der Waals surface area contributed by atoms with Gasteiger partial charge in [-0.1, -0.05) is 36.5 Å². The van der Waals surface area contributed by atoms with Crippen molar-refractivity contribution in [1.29, 1.82) is 5.26 Å². The third-order valence-corrected chi connectivity index (χ3v) is 7.51. The van der Waals surface area contributed by atoms with Crippen molar-refractivity contribution in [2.45, 2.75) is 11.3 Å². The number of hydrogen-bond donors (Lipinski definition) is 1. The largest absolute Gasteiger partial charge is 0.497 e. The van der Waals surface area contributed by atoms with Crippen LogP contribution in [0.1, 0.15) is 12.5 Å². The first-order valence-electron chi connectivity index (χ1n) is 10.3. The van der Waals surface area contributed by atoms with E-state index >= 15 is 0 Å². The summed E-state index contributed by atoms with van der Waals surface area (Å²) in [4.78, 5) is 12.4. The van der Waals surface area contributed by atoms with Crippen LogP contribution in [0.3, 0.4) is 0 Å². The fourth-order valence-corrected chi connectivity index (χ4v) is 4.64. The van der Waals surface area contributed by atoms with Gasteiger partial charge in [0.2, 0.25) is 19.3 Å². The summed E-state index contributed by atoms with van der Waals surface area (Å²) in [5, 5.41) is 19.0. The van der Waals surface area contributed by atoms with E-state index in [4.69, 9.17) is 14.2 Å². The number of anilines is 1. The second kappa shape index (κ2) is 12.0. The molecule has 10 nitrogen and oxygen atoms in total. The number of nitrogens with one attached hydrogen (secondary N) is 1. The van der Waals surface area contributed by atoms with Crippen molar-refractivity contribution < 1.29 is 27.4 Å². The van der Waals surface area contributed by atoms with E-state index in [2.05, 4.69) is 15.5 Å². The molecule has 1 aromatic heterocycles. The lowest BCUT2D eigenvalue weighted by molar-refractivity contribution is -0.112. The fourth-order valence-electron chi connectivity index (χ4n) is 2.66. The number of hydrogen-bond acceptors (Lipinski definition) is 10. The number of carbonyl (C=O) groups is 1. The first kappa shape index (κ1) is 25.7. The minimum atomic E-state index is -3.53. The van der Waals surface area contributed by atoms with Crippen LogP contribution in [0.15, 0.2) is 58.4 Å². The van der Waals surface area contributed by atoms with Gasteiger partial charge in [-0.2, -0.15) is 5.26 Å². The Kier molecular flexibility index (Phi) is 8.77. The summed E-state index contributed by atoms with van der Waals surface area (Å²) in [6.07, 6.45) is 1.40. The molecule has 3 rings (SSSR count). The van der Waals surface area contributed by atoms with E-state index in [1.165, 1.54) is 13.0 Å². The Bertz CT molecular complexity index is 1340. The molecular weight excluding hydrogens is 492 g/mol. The van der Waals surface area contributed by atoms with Crippen molar-refractivity contribution in [1.82, 2.24) is 10.2 Å². The van der Waals surface area contributed by atoms with Crippen molar-refractivity contribution in [2.24, 2.45) is 0 Å². The number of rotatable bonds is 11. The van der Waals surface area contributed by atoms with E-state index < -0.39 is 15.7 Å². The summed E-state index contributed by atoms with van der Waals surface area (Å²) in [6, 6.07) is 15.9. The summed E-state index contributed by atoms with van der Waals surface area (Å²) in [5.74, 6) is 1.12. The standard InChI is InChI=1S/C23H22N4O6S2/c1-3-35(29,30)23-27-26-22(34-23)25-21(28)17(15-24)13-16-7-9-18(10-8-16)32-11-12-33-20-6-4-5-19(14-20)31-2/h4-10,13-14H,3,11-12H2,1-2H3,(H,25,26,28). The Morgan fingerprint density at radius 1 is 1.09 bits per heavy atom. The van der Waals surface area contributed by atoms with E-state index in [9.17, 15) is 18.5 Å². The van der Waals surface area contributed by atoms with Crippen LogP contribution in [0.5, 0.6) is 17.2 Å². The number of carbonyl (C=O) groups excluding carboxylic acids is 1. The molecular formula is C23H22N4O6S2. The topological polar surface area (TPSA) is 140 Å². The Labute approximate surface area is 206 Å². The highest BCUT2D eigenvalue weighted by atomic mass is 32.2. The van der Waals surface area contributed by atoms with E-state index in [1.807, 2.05) is 24.3 Å². The lowest BCUT2D eigenvalue weighted by Crippen LogP contribution is -2.13. The average Bonchev–Trinajstić information content (AvgIpc) is 3.35. The third-order valence-electron chi connectivity index (χ3n) is 4.49. The highest BCUT2D eigenvalue weighted by molar-refractivity contribution is 7.93. The number of ether oxygens (including phenoxy) is 3. The van der Waals surface area contributed by atoms with Crippen LogP contribution < -0.4 is 19.5 Å². The van der Waals surface area contributed by atoms with Crippen LogP contribution >= 0.6 is 11.3 Å². The third kappa shape index (κ3) is 7.26. The van der Waals surface area contributed by atoms with Crippen molar-refractivity contribution in [3.05, 3.63) is 59.7 Å². The van der Waals surface area contributed by atoms with Gasteiger partial charge in [-0.3, -0.25) is 10.1 Å². The Morgan fingerprint density at radius 3 is 2.43 bits per heavy atom. The number of nitrogens with zero attached hydrogens (tertiary/aromatic N) is 3. The Morgan fingerprint density at radius 2 is 1.77 bits per heavy atom. The molecule has 12 heteroatoms. The zero-order valence-corrected chi connectivity index (χ0v) is 20.6. The predicted molar refractivity (Wildman–Crippen MR) is 130 cm³/mol. The summed E-state index contributed by atoms with van der Waals surface area (Å²) in [6.45, 7) is 2.13. The molecule has 0 aliphatic carbocycles. The van der Waals surface area contributed by atoms with Crippen molar-refractivity contribution in [3.63, 3.8) is 0 Å². The van der Waals surface area contributed by atoms with Crippen LogP contribution in [0, 0.1) is 11.3 Å². The average molecular weight is 515 g/mol. The first-order chi connectivity index (χ1) is 16.8. The number of amides is 1. The first-order valence-corrected chi connectivity index (χ1v) is 12.8. The van der Waals surface area contributed by atoms with Crippen LogP contribution in [0.25, 0.3) is 6.08 Å². The predicted octanol–water partition coefficient (Wildman–Crippen LogP) is 3.34. The lowest BCUT2D eigenvalue weighted by atomic mass is 10.1. The molecule has 0 atom stereocenters. The molecule has 35 heavy (non-hydrogen) atoms. The summed E-state index contributed by atoms with van der Waals surface area (Å²) < 4.78 is 39.9. The lowest BCUT2D eigenvalue weighted by Gasteiger charge is -2.09. The van der Waals surface area contributed by atoms with E-state index in [-0.39, 0.29) is 20.8 Å². The van der Waals surface area contributed by atoms with Gasteiger partial charge in [0.05, 0.1) is 12.9 Å². The molecule has 0 aliphatic rings. The fraction of sp³-hybridized carbons (Fsp3) is 0.217. The summed E-state index contributed by atoms with van der Waals surface area (Å²) in [7, 11) is -1.94. The SMILES string of the molecule is CCS(=O)(=O)c1nnc(NC(=O)C(C#N)=Cc2ccc(OCCOc3cccc(OC)c3)cc2)s1. The van der Waals surface area contributed by atoms with Gasteiger partial charge in [0.1, 0.15) is 42.1 Å². The maximum Gasteiger partial charge on any atom is 0.268 e. The summed E-state index contributed by atoms with van der Waals surface area (Å²) in [5.41, 5.74) is 0.420. The van der Waals surface area contributed by atoms with Crippen molar-refractivity contribution in [2.75, 3.05) is 31.4 Å². The van der Waals surface area contributed by atoms with E-state index in [0.29, 0.717) is 36.0 Å². The summed E-state index contributed by atoms with van der Waals surface area (Å²) >= 11 is 0.727. The number of aromatic nitrogens is 2. The van der Waals surface area contributed by atoms with Gasteiger partial charge in [-0.05, 0) is 35.9 Å². The number of benzene rings is 2. The normalized spacial score (nSPS) is 11.4. The van der Waals surface area contributed by atoms with Crippen LogP contribution in [-0.4, -0.2) is 50.6 Å². The highest BCUT2D eigenvalue weighted by Gasteiger charge is 2.19. The molecule has 0 aliphatic heterocycles. The monoisotopic (exact) mass is 514 g/mol. The maximum atomic E-state index is 12.4. The maximum absolute atomic E-state index is 12.4. The molecule has 182 valence electrons. The smallest absolute Gasteiger partial charge is 0.268 e. The molecule has 1 amide bonds. The zero-order chi connectivity index (χ0) is 25.3. The van der Waals surface area contributed by atoms with E-state index in [0.717, 1.165) is 11.3 Å². The molecule has 0 spiro atoms. The molecule has 1 heterocycles. The van der Waals surface area contributed by atoms with Crippen LogP contribution in [-0.2, 0) is 14.6 Å². The molecule has 1 N–H and O–H groups in total. The molecule has 0 saturated carbocycles. The minimum absolute atomic E-state index is 0.0110. The van der Waals surface area contributed by atoms with Crippen LogP contribution in [0.4, 0.5) is 5.13 Å². The quantitative estimate of drug-likeness (QED) is 0.176. The second-order valence-corrected chi connectivity index (χ2v) is 10.3. The minimum Gasteiger partial charge on any atom is -0.497 e. The van der Waals surface area contributed by atoms with Gasteiger partial charge in [-0.25, -0.2) is 8.42 Å². The molecule has 0 radical (unpaired) electrons. The van der Waals surface area contributed by atoms with Crippen LogP contribution in [0.2, 0.25) is 0 Å². The Hall–Kier alpha value is -3.95. The number of sulfone groups is 1. The highest BCUT2D eigenvalue weighted by Crippen LogP contribution is 2.22. The molecule has 0 unspecified atom stereocenters. The Balaban J connectivity index is 1.54. The van der Waals surface area contributed by atoms with Gasteiger partial charge < -0.3 is 14.2 Å². The number of methoxy groups -OCH3 is 1. The van der Waals surface area contributed by atoms with Gasteiger partial charge in [0.25, 0.3) is 5.91 Å². The molecule has 0 fully saturated rings. The van der Waals surface area contributed by atoms with Gasteiger partial charge in [0.15, 0.2) is 0 Å². The van der Waals surface area contributed by atoms with Crippen molar-refractivity contribution in [3.8, 4) is 23.3 Å². The second-order valence-electron chi connectivity index (χ2n) is 6.85. The number of nitriles is 1. The van der Waals surface area contributed by atoms with E-state index in [1.54, 1.807) is 37.4 Å². The zero-order valence-electron chi connectivity index (χ0n) is 18.9. The molecule has 0 saturated heterocycles. The van der Waals surface area contributed by atoms with Crippen molar-refractivity contribution >= 4 is 38.3 Å². The molecule has 3 aromatic rings. The molecule has 0 bridgehead atoms. The van der Waals surface area contributed by atoms with Gasteiger partial charge >= 0.3 is 0 Å². The van der Waals surface area contributed by atoms with Gasteiger partial charge in [-0.15, -0.1) is 10.2 Å². The van der Waals surface area contributed by atoms with Gasteiger partial charge in [0, 0.05) is 6.07 Å².